The summed E-state index contributed by atoms with van der Waals surface area (Å²) in [5, 5.41) is 0. The lowest BCUT2D eigenvalue weighted by molar-refractivity contribution is -0.467. The normalized spacial score (nSPS) is 93.5. The van der Waals surface area contributed by atoms with Gasteiger partial charge in [0.25, 0.3) is 0 Å². The van der Waals surface area contributed by atoms with Crippen molar-refractivity contribution < 1.29 is 0 Å². The smallest absolute Gasteiger partial charge is 0.0312 e. The van der Waals surface area contributed by atoms with Crippen LogP contribution in [0.2, 0.25) is 0 Å². The van der Waals surface area contributed by atoms with Gasteiger partial charge in [-0.25, -0.2) is 0 Å². The standard InChI is InChI=1S/C13H16/c1-3-6-4-2-5-7(3)11-9(5)12-8(4)10(6)13(11)12/h3-13H,2H2,1H3/t3?,4-,5+,6+,7?,8-,9+,10?,11-,12?,13?/m0/s1. The molecule has 0 saturated heterocycles. The van der Waals surface area contributed by atoms with Crippen molar-refractivity contribution in [2.45, 2.75) is 13.3 Å². The van der Waals surface area contributed by atoms with Crippen molar-refractivity contribution in [1.82, 2.24) is 0 Å². The van der Waals surface area contributed by atoms with Crippen LogP contribution in [0.3, 0.4) is 0 Å². The van der Waals surface area contributed by atoms with Gasteiger partial charge in [-0.1, -0.05) is 6.92 Å². The number of rotatable bonds is 0. The lowest BCUT2D eigenvalue weighted by Gasteiger charge is -2.94. The van der Waals surface area contributed by atoms with Crippen LogP contribution in [0.15, 0.2) is 0 Å². The van der Waals surface area contributed by atoms with Crippen molar-refractivity contribution in [3.63, 3.8) is 0 Å². The minimum atomic E-state index is 1.16. The molecule has 7 rings (SSSR count). The Hall–Kier alpha value is 0. The van der Waals surface area contributed by atoms with Crippen molar-refractivity contribution in [2.75, 3.05) is 0 Å². The Labute approximate surface area is 79.1 Å². The van der Waals surface area contributed by atoms with Crippen molar-refractivity contribution in [1.29, 1.82) is 0 Å². The second-order valence-electron chi connectivity index (χ2n) is 7.04. The van der Waals surface area contributed by atoms with Gasteiger partial charge in [-0.15, -0.1) is 0 Å². The lowest BCUT2D eigenvalue weighted by Crippen LogP contribution is -2.90. The minimum absolute atomic E-state index is 1.16. The summed E-state index contributed by atoms with van der Waals surface area (Å²) in [4.78, 5) is 0. The van der Waals surface area contributed by atoms with E-state index in [9.17, 15) is 0 Å². The van der Waals surface area contributed by atoms with Gasteiger partial charge in [0, 0.05) is 0 Å². The van der Waals surface area contributed by atoms with Gasteiger partial charge in [-0.3, -0.25) is 0 Å². The molecule has 0 heterocycles. The van der Waals surface area contributed by atoms with Crippen LogP contribution in [0.1, 0.15) is 13.3 Å². The molecule has 0 aromatic heterocycles. The molecule has 7 aliphatic carbocycles. The van der Waals surface area contributed by atoms with E-state index in [2.05, 4.69) is 6.92 Å². The Morgan fingerprint density at radius 2 is 1.08 bits per heavy atom. The molecular weight excluding hydrogens is 156 g/mol. The Kier molecular flexibility index (Phi) is 0.558. The average Bonchev–Trinajstić information content (AvgIpc) is 1.90. The second kappa shape index (κ2) is 1.26. The van der Waals surface area contributed by atoms with E-state index >= 15 is 0 Å². The van der Waals surface area contributed by atoms with E-state index in [1.807, 2.05) is 0 Å². The minimum Gasteiger partial charge on any atom is -0.0619 e. The molecular formula is C13H16. The summed E-state index contributed by atoms with van der Waals surface area (Å²) >= 11 is 0. The summed E-state index contributed by atoms with van der Waals surface area (Å²) in [5.74, 6) is 13.9. The SMILES string of the molecule is CC1C2[C@@H]3C4C5[C@H]1[C@@H]1C[C@H]2[C@H]3C4[C@H]51. The highest BCUT2D eigenvalue weighted by Crippen LogP contribution is 2.92. The first-order chi connectivity index (χ1) is 6.39. The van der Waals surface area contributed by atoms with Gasteiger partial charge in [0.05, 0.1) is 0 Å². The average molecular weight is 172 g/mol. The topological polar surface area (TPSA) is 0 Å². The summed E-state index contributed by atoms with van der Waals surface area (Å²) < 4.78 is 0. The van der Waals surface area contributed by atoms with E-state index in [0.717, 1.165) is 5.92 Å². The summed E-state index contributed by atoms with van der Waals surface area (Å²) in [6.45, 7) is 2.60. The van der Waals surface area contributed by atoms with E-state index in [4.69, 9.17) is 0 Å². The van der Waals surface area contributed by atoms with Crippen molar-refractivity contribution >= 4 is 0 Å². The van der Waals surface area contributed by atoms with Crippen LogP contribution in [0, 0.1) is 65.1 Å². The highest BCUT2D eigenvalue weighted by atomic mass is 14.9. The molecule has 0 aliphatic heterocycles. The van der Waals surface area contributed by atoms with Crippen LogP contribution in [0.25, 0.3) is 0 Å². The zero-order valence-electron chi connectivity index (χ0n) is 8.06. The highest BCUT2D eigenvalue weighted by molar-refractivity contribution is 5.35. The maximum absolute atomic E-state index is 2.60. The van der Waals surface area contributed by atoms with Gasteiger partial charge in [0.2, 0.25) is 0 Å². The summed E-state index contributed by atoms with van der Waals surface area (Å²) in [7, 11) is 0. The third-order valence-electron chi connectivity index (χ3n) is 7.74. The fourth-order valence-electron chi connectivity index (χ4n) is 7.92. The molecule has 7 aliphatic rings. The molecule has 13 heavy (non-hydrogen) atoms. The maximum atomic E-state index is 2.60. The first kappa shape index (κ1) is 5.78. The molecule has 5 unspecified atom stereocenters. The van der Waals surface area contributed by atoms with Crippen LogP contribution in [-0.4, -0.2) is 0 Å². The third-order valence-corrected chi connectivity index (χ3v) is 7.74. The molecule has 0 N–H and O–H groups in total. The quantitative estimate of drug-likeness (QED) is 0.526. The second-order valence-corrected chi connectivity index (χ2v) is 7.04. The first-order valence-electron chi connectivity index (χ1n) is 6.39. The van der Waals surface area contributed by atoms with Gasteiger partial charge in [-0.05, 0) is 71.5 Å². The number of hydrogen-bond donors (Lipinski definition) is 0. The lowest BCUT2D eigenvalue weighted by atomic mass is 9.11. The molecule has 0 radical (unpaired) electrons. The molecule has 0 nitrogen and oxygen atoms in total. The maximum Gasteiger partial charge on any atom is -0.0312 e. The monoisotopic (exact) mass is 172 g/mol. The molecule has 7 fully saturated rings. The molecule has 7 saturated carbocycles. The predicted octanol–water partition coefficient (Wildman–Crippen LogP) is 2.26. The molecule has 0 heteroatoms. The van der Waals surface area contributed by atoms with Gasteiger partial charge in [-0.2, -0.15) is 0 Å². The molecule has 0 aromatic carbocycles. The molecule has 0 spiro atoms. The van der Waals surface area contributed by atoms with Crippen LogP contribution in [0.4, 0.5) is 0 Å². The summed E-state index contributed by atoms with van der Waals surface area (Å²) in [5.41, 5.74) is 0. The Bertz CT molecular complexity index is 282. The predicted molar refractivity (Wildman–Crippen MR) is 48.7 cm³/mol. The molecule has 0 amide bonds. The van der Waals surface area contributed by atoms with Crippen LogP contribution >= 0.6 is 0 Å². The molecule has 0 aromatic rings. The fourth-order valence-corrected chi connectivity index (χ4v) is 7.92. The highest BCUT2D eigenvalue weighted by Gasteiger charge is 2.88. The Balaban J connectivity index is 1.68. The van der Waals surface area contributed by atoms with E-state index in [1.165, 1.54) is 59.2 Å². The summed E-state index contributed by atoms with van der Waals surface area (Å²) in [6, 6.07) is 0. The third kappa shape index (κ3) is 0.293. The van der Waals surface area contributed by atoms with Crippen LogP contribution in [-0.2, 0) is 0 Å². The van der Waals surface area contributed by atoms with E-state index in [-0.39, 0.29) is 0 Å². The molecule has 4 bridgehead atoms. The van der Waals surface area contributed by atoms with E-state index in [0.29, 0.717) is 0 Å². The van der Waals surface area contributed by atoms with Crippen molar-refractivity contribution in [3.8, 4) is 0 Å². The molecule has 68 valence electrons. The Morgan fingerprint density at radius 1 is 0.615 bits per heavy atom. The van der Waals surface area contributed by atoms with Gasteiger partial charge in [0.15, 0.2) is 0 Å². The molecule has 11 atom stereocenters. The van der Waals surface area contributed by atoms with Crippen LogP contribution in [0.5, 0.6) is 0 Å². The van der Waals surface area contributed by atoms with Gasteiger partial charge in [0.1, 0.15) is 0 Å². The zero-order valence-corrected chi connectivity index (χ0v) is 8.06. The summed E-state index contributed by atoms with van der Waals surface area (Å²) in [6.07, 6.45) is 1.69. The first-order valence-corrected chi connectivity index (χ1v) is 6.39. The van der Waals surface area contributed by atoms with Crippen molar-refractivity contribution in [3.05, 3.63) is 0 Å². The fraction of sp³-hybridized carbons (Fsp3) is 1.00. The zero-order chi connectivity index (χ0) is 8.06. The number of hydrogen-bond acceptors (Lipinski definition) is 0. The van der Waals surface area contributed by atoms with Crippen LogP contribution < -0.4 is 0 Å². The Morgan fingerprint density at radius 3 is 1.69 bits per heavy atom. The van der Waals surface area contributed by atoms with E-state index in [1.54, 1.807) is 6.42 Å². The largest absolute Gasteiger partial charge is 0.0619 e. The van der Waals surface area contributed by atoms with Crippen molar-refractivity contribution in [2.24, 2.45) is 65.1 Å². The van der Waals surface area contributed by atoms with E-state index < -0.39 is 0 Å². The van der Waals surface area contributed by atoms with Gasteiger partial charge >= 0.3 is 0 Å². The van der Waals surface area contributed by atoms with Gasteiger partial charge < -0.3 is 0 Å².